The number of hydrogen-bond donors (Lipinski definition) is 1. The Labute approximate surface area is 95.9 Å². The summed E-state index contributed by atoms with van der Waals surface area (Å²) in [5, 5.41) is 0. The highest BCUT2D eigenvalue weighted by molar-refractivity contribution is 9.10. The lowest BCUT2D eigenvalue weighted by Gasteiger charge is -2.01. The third kappa shape index (κ3) is 2.59. The van der Waals surface area contributed by atoms with Crippen LogP contribution in [-0.2, 0) is 13.0 Å². The first-order valence-corrected chi connectivity index (χ1v) is 5.53. The molecule has 0 saturated heterocycles. The second-order valence-corrected chi connectivity index (χ2v) is 4.25. The Kier molecular flexibility index (Phi) is 3.06. The van der Waals surface area contributed by atoms with Crippen molar-refractivity contribution < 1.29 is 0 Å². The van der Waals surface area contributed by atoms with E-state index in [9.17, 15) is 4.79 Å². The number of hydrogen-bond acceptors (Lipinski definition) is 1. The Morgan fingerprint density at radius 3 is 2.60 bits per heavy atom. The van der Waals surface area contributed by atoms with Crippen LogP contribution in [0.2, 0.25) is 0 Å². The predicted molar refractivity (Wildman–Crippen MR) is 62.9 cm³/mol. The van der Waals surface area contributed by atoms with Crippen molar-refractivity contribution in [1.82, 2.24) is 9.55 Å². The van der Waals surface area contributed by atoms with Crippen molar-refractivity contribution in [3.05, 3.63) is 57.2 Å². The van der Waals surface area contributed by atoms with Crippen LogP contribution in [0.1, 0.15) is 5.56 Å². The van der Waals surface area contributed by atoms with Crippen molar-refractivity contribution in [2.75, 3.05) is 0 Å². The maximum Gasteiger partial charge on any atom is 0.325 e. The Morgan fingerprint density at radius 1 is 1.27 bits per heavy atom. The summed E-state index contributed by atoms with van der Waals surface area (Å²) in [5.74, 6) is 0. The van der Waals surface area contributed by atoms with Crippen LogP contribution in [0.4, 0.5) is 0 Å². The van der Waals surface area contributed by atoms with Gasteiger partial charge in [0.1, 0.15) is 0 Å². The fourth-order valence-corrected chi connectivity index (χ4v) is 1.69. The molecule has 3 nitrogen and oxygen atoms in total. The zero-order valence-corrected chi connectivity index (χ0v) is 9.70. The van der Waals surface area contributed by atoms with E-state index < -0.39 is 0 Å². The van der Waals surface area contributed by atoms with Crippen LogP contribution in [0.3, 0.4) is 0 Å². The molecule has 0 aliphatic heterocycles. The first-order chi connectivity index (χ1) is 7.25. The van der Waals surface area contributed by atoms with Crippen LogP contribution in [0.5, 0.6) is 0 Å². The summed E-state index contributed by atoms with van der Waals surface area (Å²) >= 11 is 3.39. The standard InChI is InChI=1S/C11H11BrN2O/c12-10-3-1-9(2-4-10)5-7-14-8-6-13-11(14)15/h1-4,6,8H,5,7H2,(H,13,15). The molecule has 0 fully saturated rings. The van der Waals surface area contributed by atoms with E-state index in [0.717, 1.165) is 10.9 Å². The molecule has 78 valence electrons. The molecule has 1 heterocycles. The van der Waals surface area contributed by atoms with E-state index in [1.165, 1.54) is 5.56 Å². The molecule has 0 amide bonds. The van der Waals surface area contributed by atoms with Crippen molar-refractivity contribution in [2.24, 2.45) is 0 Å². The Morgan fingerprint density at radius 2 is 2.00 bits per heavy atom. The van der Waals surface area contributed by atoms with E-state index in [-0.39, 0.29) is 5.69 Å². The van der Waals surface area contributed by atoms with E-state index in [4.69, 9.17) is 0 Å². The number of aryl methyl sites for hydroxylation is 2. The fourth-order valence-electron chi connectivity index (χ4n) is 1.43. The molecular weight excluding hydrogens is 256 g/mol. The number of nitrogens with zero attached hydrogens (tertiary/aromatic N) is 1. The van der Waals surface area contributed by atoms with E-state index in [0.29, 0.717) is 6.54 Å². The van der Waals surface area contributed by atoms with E-state index in [1.54, 1.807) is 17.0 Å². The number of nitrogens with one attached hydrogen (secondary N) is 1. The van der Waals surface area contributed by atoms with Crippen LogP contribution in [0.25, 0.3) is 0 Å². The average molecular weight is 267 g/mol. The van der Waals surface area contributed by atoms with Gasteiger partial charge in [0.2, 0.25) is 0 Å². The third-order valence-corrected chi connectivity index (χ3v) is 2.81. The molecule has 15 heavy (non-hydrogen) atoms. The summed E-state index contributed by atoms with van der Waals surface area (Å²) in [7, 11) is 0. The molecule has 2 rings (SSSR count). The quantitative estimate of drug-likeness (QED) is 0.909. The van der Waals surface area contributed by atoms with Gasteiger partial charge >= 0.3 is 5.69 Å². The van der Waals surface area contributed by atoms with Gasteiger partial charge in [-0.2, -0.15) is 0 Å². The number of benzene rings is 1. The molecule has 4 heteroatoms. The van der Waals surface area contributed by atoms with E-state index >= 15 is 0 Å². The summed E-state index contributed by atoms with van der Waals surface area (Å²) in [6.45, 7) is 0.712. The van der Waals surface area contributed by atoms with Crippen LogP contribution in [0, 0.1) is 0 Å². The Balaban J connectivity index is 2.02. The zero-order valence-electron chi connectivity index (χ0n) is 8.11. The minimum absolute atomic E-state index is 0.0490. The van der Waals surface area contributed by atoms with Crippen LogP contribution < -0.4 is 5.69 Å². The lowest BCUT2D eigenvalue weighted by Crippen LogP contribution is -2.17. The number of halogens is 1. The highest BCUT2D eigenvalue weighted by Crippen LogP contribution is 2.11. The molecular formula is C11H11BrN2O. The first kappa shape index (κ1) is 10.2. The molecule has 0 radical (unpaired) electrons. The smallest absolute Gasteiger partial charge is 0.313 e. The molecule has 0 aliphatic carbocycles. The van der Waals surface area contributed by atoms with Gasteiger partial charge in [0.05, 0.1) is 0 Å². The van der Waals surface area contributed by atoms with Gasteiger partial charge in [-0.25, -0.2) is 4.79 Å². The summed E-state index contributed by atoms with van der Waals surface area (Å²) in [4.78, 5) is 13.8. The van der Waals surface area contributed by atoms with Gasteiger partial charge in [-0.3, -0.25) is 4.57 Å². The number of aromatic amines is 1. The topological polar surface area (TPSA) is 37.8 Å². The monoisotopic (exact) mass is 266 g/mol. The van der Waals surface area contributed by atoms with Crippen LogP contribution in [0.15, 0.2) is 45.9 Å². The summed E-state index contributed by atoms with van der Waals surface area (Å²) in [6, 6.07) is 8.13. The van der Waals surface area contributed by atoms with Crippen molar-refractivity contribution in [2.45, 2.75) is 13.0 Å². The molecule has 0 atom stereocenters. The molecule has 1 aromatic carbocycles. The number of rotatable bonds is 3. The van der Waals surface area contributed by atoms with Gasteiger partial charge in [0.25, 0.3) is 0 Å². The largest absolute Gasteiger partial charge is 0.325 e. The molecule has 1 aromatic heterocycles. The van der Waals surface area contributed by atoms with Gasteiger partial charge < -0.3 is 4.98 Å². The van der Waals surface area contributed by atoms with Gasteiger partial charge in [0, 0.05) is 23.4 Å². The highest BCUT2D eigenvalue weighted by atomic mass is 79.9. The number of aromatic nitrogens is 2. The van der Waals surface area contributed by atoms with Crippen LogP contribution in [-0.4, -0.2) is 9.55 Å². The van der Waals surface area contributed by atoms with Crippen molar-refractivity contribution in [1.29, 1.82) is 0 Å². The fraction of sp³-hybridized carbons (Fsp3) is 0.182. The molecule has 1 N–H and O–H groups in total. The molecule has 0 bridgehead atoms. The molecule has 0 saturated carbocycles. The predicted octanol–water partition coefficient (Wildman–Crippen LogP) is 2.18. The minimum Gasteiger partial charge on any atom is -0.313 e. The first-order valence-electron chi connectivity index (χ1n) is 4.74. The van der Waals surface area contributed by atoms with Crippen molar-refractivity contribution >= 4 is 15.9 Å². The van der Waals surface area contributed by atoms with Gasteiger partial charge in [-0.15, -0.1) is 0 Å². The Hall–Kier alpha value is -1.29. The highest BCUT2D eigenvalue weighted by Gasteiger charge is 1.97. The molecule has 0 aliphatic rings. The molecule has 0 unspecified atom stereocenters. The summed E-state index contributed by atoms with van der Waals surface area (Å²) in [5.41, 5.74) is 1.18. The van der Waals surface area contributed by atoms with E-state index in [1.807, 2.05) is 12.1 Å². The maximum absolute atomic E-state index is 11.2. The van der Waals surface area contributed by atoms with Gasteiger partial charge in [0.15, 0.2) is 0 Å². The van der Waals surface area contributed by atoms with Gasteiger partial charge in [-0.1, -0.05) is 28.1 Å². The minimum atomic E-state index is -0.0490. The van der Waals surface area contributed by atoms with Crippen LogP contribution >= 0.6 is 15.9 Å². The summed E-state index contributed by atoms with van der Waals surface area (Å²) < 4.78 is 2.74. The van der Waals surface area contributed by atoms with E-state index in [2.05, 4.69) is 33.0 Å². The number of imidazole rings is 1. The normalized spacial score (nSPS) is 10.5. The van der Waals surface area contributed by atoms with Gasteiger partial charge in [-0.05, 0) is 24.1 Å². The maximum atomic E-state index is 11.2. The summed E-state index contributed by atoms with van der Waals surface area (Å²) in [6.07, 6.45) is 4.29. The SMILES string of the molecule is O=c1[nH]ccn1CCc1ccc(Br)cc1. The second kappa shape index (κ2) is 4.49. The third-order valence-electron chi connectivity index (χ3n) is 2.28. The van der Waals surface area contributed by atoms with Crippen molar-refractivity contribution in [3.63, 3.8) is 0 Å². The lowest BCUT2D eigenvalue weighted by molar-refractivity contribution is 0.672. The number of H-pyrrole nitrogens is 1. The Bertz CT molecular complexity index is 484. The molecule has 2 aromatic rings. The molecule has 0 spiro atoms. The second-order valence-electron chi connectivity index (χ2n) is 3.34. The van der Waals surface area contributed by atoms with Crippen molar-refractivity contribution in [3.8, 4) is 0 Å². The zero-order chi connectivity index (χ0) is 10.7. The average Bonchev–Trinajstić information content (AvgIpc) is 2.63. The lowest BCUT2D eigenvalue weighted by atomic mass is 10.1.